The van der Waals surface area contributed by atoms with Crippen molar-refractivity contribution in [2.75, 3.05) is 19.6 Å². The third-order valence-electron chi connectivity index (χ3n) is 7.81. The number of carbonyl (C=O) groups is 1. The number of nitrogens with zero attached hydrogens (tertiary/aromatic N) is 3. The van der Waals surface area contributed by atoms with E-state index >= 15 is 0 Å². The maximum atomic E-state index is 14.8. The van der Waals surface area contributed by atoms with E-state index in [1.54, 1.807) is 36.2 Å². The van der Waals surface area contributed by atoms with Crippen LogP contribution < -0.4 is 0 Å². The van der Waals surface area contributed by atoms with E-state index in [4.69, 9.17) is 4.74 Å². The van der Waals surface area contributed by atoms with Crippen molar-refractivity contribution in [1.82, 2.24) is 9.80 Å². The number of aliphatic imine (C=N–C) groups is 1. The topological polar surface area (TPSA) is 45.1 Å². The summed E-state index contributed by atoms with van der Waals surface area (Å²) in [6.45, 7) is 27.1. The first-order valence-electron chi connectivity index (χ1n) is 18.6. The van der Waals surface area contributed by atoms with Gasteiger partial charge in [0, 0.05) is 54.4 Å². The molecule has 1 unspecified atom stereocenters. The lowest BCUT2D eigenvalue weighted by atomic mass is 9.92. The molecule has 0 saturated carbocycles. The molecule has 1 aliphatic rings. The van der Waals surface area contributed by atoms with E-state index in [1.165, 1.54) is 18.2 Å². The van der Waals surface area contributed by atoms with Crippen molar-refractivity contribution in [1.29, 1.82) is 0 Å². The molecule has 1 amide bonds. The van der Waals surface area contributed by atoms with Crippen LogP contribution in [0.5, 0.6) is 0 Å². The molecular formula is C43H65F4N3O2. The highest BCUT2D eigenvalue weighted by molar-refractivity contribution is 6.12. The largest absolute Gasteiger partial charge is 0.444 e. The third kappa shape index (κ3) is 17.1. The van der Waals surface area contributed by atoms with E-state index in [0.29, 0.717) is 31.6 Å². The second-order valence-corrected chi connectivity index (χ2v) is 13.3. The molecule has 1 aromatic carbocycles. The van der Waals surface area contributed by atoms with Gasteiger partial charge in [-0.2, -0.15) is 13.2 Å². The number of hydrogen-bond donors (Lipinski definition) is 0. The van der Waals surface area contributed by atoms with E-state index in [1.807, 2.05) is 87.5 Å². The Morgan fingerprint density at radius 1 is 1.00 bits per heavy atom. The van der Waals surface area contributed by atoms with Gasteiger partial charge < -0.3 is 14.5 Å². The average molecular weight is 732 g/mol. The lowest BCUT2D eigenvalue weighted by molar-refractivity contribution is -0.0882. The Morgan fingerprint density at radius 2 is 1.62 bits per heavy atom. The van der Waals surface area contributed by atoms with Gasteiger partial charge in [0.05, 0.1) is 5.57 Å². The first kappa shape index (κ1) is 48.1. The average Bonchev–Trinajstić information content (AvgIpc) is 3.07. The SMILES string of the molecule is CC.CC/C=C/C=C(\C=C(/C)CCC)C(F)(F)F.C\C=C(C(/C(C)=N/C=C/CC)=C(/C)N1CCN(C(=O)OC(C)(C)C)C(C)C1)\c1ccccc1F. The molecule has 5 nitrogen and oxygen atoms in total. The Bertz CT molecular complexity index is 1460. The van der Waals surface area contributed by atoms with E-state index in [-0.39, 0.29) is 18.0 Å². The molecule has 9 heteroatoms. The number of allylic oxidation sites excluding steroid dienone is 11. The van der Waals surface area contributed by atoms with Crippen LogP contribution in [0.1, 0.15) is 121 Å². The normalized spacial score (nSPS) is 17.1. The van der Waals surface area contributed by atoms with Crippen LogP contribution in [0.3, 0.4) is 0 Å². The summed E-state index contributed by atoms with van der Waals surface area (Å²) in [6.07, 6.45) is 9.89. The molecule has 1 aromatic rings. The zero-order valence-corrected chi connectivity index (χ0v) is 34.0. The fraction of sp³-hybridized carbons (Fsp3) is 0.535. The Balaban J connectivity index is 0.00000121. The van der Waals surface area contributed by atoms with E-state index in [9.17, 15) is 22.4 Å². The Morgan fingerprint density at radius 3 is 2.12 bits per heavy atom. The van der Waals surface area contributed by atoms with E-state index in [0.717, 1.165) is 53.5 Å². The molecular weight excluding hydrogens is 666 g/mol. The number of benzene rings is 1. The molecule has 1 atom stereocenters. The molecule has 0 radical (unpaired) electrons. The Labute approximate surface area is 312 Å². The van der Waals surface area contributed by atoms with Gasteiger partial charge in [-0.3, -0.25) is 4.99 Å². The molecule has 1 aliphatic heterocycles. The molecule has 1 heterocycles. The van der Waals surface area contributed by atoms with Gasteiger partial charge in [0.25, 0.3) is 0 Å². The second-order valence-electron chi connectivity index (χ2n) is 13.3. The highest BCUT2D eigenvalue weighted by Crippen LogP contribution is 2.32. The van der Waals surface area contributed by atoms with Crippen molar-refractivity contribution in [2.45, 2.75) is 134 Å². The fourth-order valence-electron chi connectivity index (χ4n) is 5.38. The lowest BCUT2D eigenvalue weighted by Gasteiger charge is -2.42. The molecule has 0 N–H and O–H groups in total. The number of piperazine rings is 1. The van der Waals surface area contributed by atoms with Crippen molar-refractivity contribution >= 4 is 17.4 Å². The van der Waals surface area contributed by atoms with Gasteiger partial charge >= 0.3 is 12.3 Å². The fourth-order valence-corrected chi connectivity index (χ4v) is 5.38. The van der Waals surface area contributed by atoms with Crippen molar-refractivity contribution in [3.8, 4) is 0 Å². The summed E-state index contributed by atoms with van der Waals surface area (Å²) in [5, 5.41) is 0. The standard InChI is InChI=1S/C28H40FN3O2.C13H19F3.C2H6/c1-9-11-16-30-21(4)26(23(10-2)24-14-12-13-15-25(24)29)22(5)31-17-18-32(20(3)19-31)27(33)34-28(6,7)8;1-4-6-7-9-12(13(14,15)16)10-11(3)8-5-2;1-2/h10-16,20H,9,17-19H2,1-8H3;6-7,9-10H,4-5,8H2,1-3H3;1-2H3/b16-11+,23-10-,26-22-,30-21+;7-6+,11-10+,12-9+;. The van der Waals surface area contributed by atoms with Gasteiger partial charge in [0.2, 0.25) is 0 Å². The third-order valence-corrected chi connectivity index (χ3v) is 7.81. The predicted octanol–water partition coefficient (Wildman–Crippen LogP) is 13.0. The van der Waals surface area contributed by atoms with Crippen molar-refractivity contribution in [3.63, 3.8) is 0 Å². The molecule has 0 aromatic heterocycles. The van der Waals surface area contributed by atoms with Gasteiger partial charge in [-0.25, -0.2) is 9.18 Å². The smallest absolute Gasteiger partial charge is 0.416 e. The molecule has 52 heavy (non-hydrogen) atoms. The second kappa shape index (κ2) is 24.4. The lowest BCUT2D eigenvalue weighted by Crippen LogP contribution is -2.54. The van der Waals surface area contributed by atoms with Gasteiger partial charge in [-0.05, 0) is 86.3 Å². The van der Waals surface area contributed by atoms with Gasteiger partial charge in [-0.1, -0.05) is 101 Å². The number of alkyl halides is 3. The number of hydrogen-bond acceptors (Lipinski definition) is 4. The summed E-state index contributed by atoms with van der Waals surface area (Å²) in [5.74, 6) is -0.263. The van der Waals surface area contributed by atoms with Crippen LogP contribution >= 0.6 is 0 Å². The van der Waals surface area contributed by atoms with Crippen LogP contribution in [0.4, 0.5) is 22.4 Å². The number of ether oxygens (including phenoxy) is 1. The highest BCUT2D eigenvalue weighted by Gasteiger charge is 2.33. The predicted molar refractivity (Wildman–Crippen MR) is 213 cm³/mol. The molecule has 1 fully saturated rings. The zero-order valence-electron chi connectivity index (χ0n) is 34.0. The molecule has 0 aliphatic carbocycles. The minimum Gasteiger partial charge on any atom is -0.444 e. The number of amides is 1. The van der Waals surface area contributed by atoms with Gasteiger partial charge in [0.15, 0.2) is 0 Å². The Hall–Kier alpha value is -3.88. The summed E-state index contributed by atoms with van der Waals surface area (Å²) in [6, 6.07) is 6.80. The maximum absolute atomic E-state index is 14.8. The molecule has 2 rings (SSSR count). The minimum atomic E-state index is -4.27. The van der Waals surface area contributed by atoms with E-state index < -0.39 is 17.4 Å². The molecule has 0 spiro atoms. The number of halogens is 4. The summed E-state index contributed by atoms with van der Waals surface area (Å²) in [7, 11) is 0. The van der Waals surface area contributed by atoms with Gasteiger partial charge in [0.1, 0.15) is 11.4 Å². The van der Waals surface area contributed by atoms with Crippen molar-refractivity contribution in [3.05, 3.63) is 101 Å². The summed E-state index contributed by atoms with van der Waals surface area (Å²) >= 11 is 0. The van der Waals surface area contributed by atoms with Crippen LogP contribution in [0, 0.1) is 5.82 Å². The number of carbonyl (C=O) groups excluding carboxylic acids is 1. The van der Waals surface area contributed by atoms with Crippen LogP contribution in [0.25, 0.3) is 5.57 Å². The van der Waals surface area contributed by atoms with Crippen molar-refractivity contribution < 1.29 is 27.1 Å². The number of rotatable bonds is 11. The molecule has 1 saturated heterocycles. The van der Waals surface area contributed by atoms with Crippen LogP contribution in [0.15, 0.2) is 94.3 Å². The first-order chi connectivity index (χ1) is 24.4. The monoisotopic (exact) mass is 732 g/mol. The zero-order chi connectivity index (χ0) is 40.1. The summed E-state index contributed by atoms with van der Waals surface area (Å²) < 4.78 is 58.2. The highest BCUT2D eigenvalue weighted by atomic mass is 19.4. The Kier molecular flexibility index (Phi) is 22.6. The maximum Gasteiger partial charge on any atom is 0.416 e. The quantitative estimate of drug-likeness (QED) is 0.129. The van der Waals surface area contributed by atoms with E-state index in [2.05, 4.69) is 23.7 Å². The van der Waals surface area contributed by atoms with Crippen molar-refractivity contribution in [2.24, 2.45) is 4.99 Å². The van der Waals surface area contributed by atoms with Crippen LogP contribution in [0.2, 0.25) is 0 Å². The molecule has 0 bridgehead atoms. The minimum absolute atomic E-state index is 0.0282. The summed E-state index contributed by atoms with van der Waals surface area (Å²) in [4.78, 5) is 21.4. The van der Waals surface area contributed by atoms with Crippen LogP contribution in [-0.4, -0.2) is 59.1 Å². The summed E-state index contributed by atoms with van der Waals surface area (Å²) in [5.41, 5.74) is 3.75. The first-order valence-corrected chi connectivity index (χ1v) is 18.6. The molecule has 292 valence electrons. The van der Waals surface area contributed by atoms with Gasteiger partial charge in [-0.15, -0.1) is 0 Å². The van der Waals surface area contributed by atoms with Crippen LogP contribution in [-0.2, 0) is 4.74 Å².